The van der Waals surface area contributed by atoms with Gasteiger partial charge in [-0.25, -0.2) is 4.68 Å². The number of ketones is 1. The number of nitrogens with zero attached hydrogens (tertiary/aromatic N) is 3. The molecule has 1 aromatic heterocycles. The highest BCUT2D eigenvalue weighted by Crippen LogP contribution is 2.51. The van der Waals surface area contributed by atoms with Gasteiger partial charge >= 0.3 is 0 Å². The Labute approximate surface area is 175 Å². The number of carbonyl (C=O) groups excluding carboxylic acids is 1. The summed E-state index contributed by atoms with van der Waals surface area (Å²) in [5.74, 6) is 2.26. The highest BCUT2D eigenvalue weighted by Gasteiger charge is 2.43. The molecule has 0 unspecified atom stereocenters. The van der Waals surface area contributed by atoms with E-state index in [2.05, 4.69) is 25.2 Å². The molecule has 0 radical (unpaired) electrons. The van der Waals surface area contributed by atoms with Crippen molar-refractivity contribution in [3.8, 4) is 17.6 Å². The lowest BCUT2D eigenvalue weighted by Gasteiger charge is -2.38. The van der Waals surface area contributed by atoms with Gasteiger partial charge in [-0.2, -0.15) is 10.4 Å². The molecule has 154 valence electrons. The number of Topliss-reactive ketones (excluding diaryl/α,β-unsaturated/α-hetero) is 1. The molecule has 0 bridgehead atoms. The van der Waals surface area contributed by atoms with E-state index >= 15 is 0 Å². The van der Waals surface area contributed by atoms with E-state index in [0.29, 0.717) is 25.1 Å². The first-order valence-corrected chi connectivity index (χ1v) is 10.2. The molecule has 1 atom stereocenters. The van der Waals surface area contributed by atoms with Crippen LogP contribution in [0.25, 0.3) is 0 Å². The normalized spacial score (nSPS) is 21.0. The van der Waals surface area contributed by atoms with Crippen LogP contribution < -0.4 is 14.8 Å². The van der Waals surface area contributed by atoms with Crippen LogP contribution in [0.5, 0.6) is 11.5 Å². The average Bonchev–Trinajstić information content (AvgIpc) is 3.27. The smallest absolute Gasteiger partial charge is 0.231 e. The van der Waals surface area contributed by atoms with Crippen LogP contribution in [0.1, 0.15) is 55.8 Å². The number of rotatable bonds is 3. The number of benzene rings is 1. The molecule has 0 amide bonds. The predicted molar refractivity (Wildman–Crippen MR) is 110 cm³/mol. The molecular weight excluding hydrogens is 380 g/mol. The third kappa shape index (κ3) is 2.86. The van der Waals surface area contributed by atoms with Gasteiger partial charge in [-0.05, 0) is 36.5 Å². The van der Waals surface area contributed by atoms with Crippen molar-refractivity contribution < 1.29 is 14.3 Å². The summed E-state index contributed by atoms with van der Waals surface area (Å²) in [5.41, 5.74) is 4.53. The Kier molecular flexibility index (Phi) is 4.14. The SMILES string of the molecule is Cc1nn(CCC#N)c2c1[C@@H](c1ccc3c(c1)OCO3)C1=C(CC(C)(C)CC1=O)N2. The summed E-state index contributed by atoms with van der Waals surface area (Å²) in [4.78, 5) is 13.3. The Morgan fingerprint density at radius 3 is 2.90 bits per heavy atom. The van der Waals surface area contributed by atoms with E-state index in [-0.39, 0.29) is 23.9 Å². The van der Waals surface area contributed by atoms with Gasteiger partial charge < -0.3 is 14.8 Å². The van der Waals surface area contributed by atoms with E-state index in [9.17, 15) is 4.79 Å². The number of fused-ring (bicyclic) bond motifs is 2. The van der Waals surface area contributed by atoms with Gasteiger partial charge in [-0.3, -0.25) is 4.79 Å². The fourth-order valence-electron chi connectivity index (χ4n) is 4.88. The second-order valence-corrected chi connectivity index (χ2v) is 8.98. The zero-order chi connectivity index (χ0) is 21.0. The van der Waals surface area contributed by atoms with E-state index in [1.54, 1.807) is 0 Å². The van der Waals surface area contributed by atoms with Crippen molar-refractivity contribution in [1.29, 1.82) is 5.26 Å². The standard InChI is InChI=1S/C23H24N4O3/c1-13-19-20(14-5-6-17-18(9-14)30-12-29-17)21-15(10-23(2,3)11-16(21)28)25-22(19)27(26-13)8-4-7-24/h5-6,9,20,25H,4,8,10-12H2,1-3H3/t20-/m1/s1. The summed E-state index contributed by atoms with van der Waals surface area (Å²) in [6.45, 7) is 6.93. The first-order valence-electron chi connectivity index (χ1n) is 10.2. The van der Waals surface area contributed by atoms with Crippen LogP contribution in [-0.2, 0) is 11.3 Å². The third-order valence-corrected chi connectivity index (χ3v) is 6.11. The molecule has 1 aliphatic carbocycles. The van der Waals surface area contributed by atoms with E-state index in [4.69, 9.17) is 19.8 Å². The molecule has 30 heavy (non-hydrogen) atoms. The van der Waals surface area contributed by atoms with Gasteiger partial charge in [0, 0.05) is 29.2 Å². The van der Waals surface area contributed by atoms with Crippen LogP contribution in [0.15, 0.2) is 29.5 Å². The number of nitrogens with one attached hydrogen (secondary N) is 1. The summed E-state index contributed by atoms with van der Waals surface area (Å²) >= 11 is 0. The number of ether oxygens (including phenoxy) is 2. The van der Waals surface area contributed by atoms with E-state index in [0.717, 1.165) is 46.1 Å². The molecule has 0 spiro atoms. The zero-order valence-corrected chi connectivity index (χ0v) is 17.4. The van der Waals surface area contributed by atoms with Crippen molar-refractivity contribution in [1.82, 2.24) is 9.78 Å². The first kappa shape index (κ1) is 18.7. The molecule has 1 N–H and O–H groups in total. The summed E-state index contributed by atoms with van der Waals surface area (Å²) in [6.07, 6.45) is 1.68. The maximum absolute atomic E-state index is 13.3. The lowest BCUT2D eigenvalue weighted by Crippen LogP contribution is -2.34. The molecule has 5 rings (SSSR count). The Hall–Kier alpha value is -3.27. The van der Waals surface area contributed by atoms with Crippen molar-refractivity contribution >= 4 is 11.6 Å². The minimum Gasteiger partial charge on any atom is -0.454 e. The number of nitriles is 1. The molecule has 3 aliphatic rings. The van der Waals surface area contributed by atoms with Gasteiger partial charge in [0.2, 0.25) is 6.79 Å². The predicted octanol–water partition coefficient (Wildman–Crippen LogP) is 4.03. The molecule has 1 aromatic carbocycles. The summed E-state index contributed by atoms with van der Waals surface area (Å²) in [7, 11) is 0. The number of allylic oxidation sites excluding steroid dienone is 2. The Balaban J connectivity index is 1.70. The van der Waals surface area contributed by atoms with Gasteiger partial charge in [0.05, 0.1) is 24.7 Å². The highest BCUT2D eigenvalue weighted by atomic mass is 16.7. The van der Waals surface area contributed by atoms with Gasteiger partial charge in [0.1, 0.15) is 5.82 Å². The summed E-state index contributed by atoms with van der Waals surface area (Å²) in [6, 6.07) is 8.09. The Morgan fingerprint density at radius 2 is 2.10 bits per heavy atom. The van der Waals surface area contributed by atoms with E-state index in [1.807, 2.05) is 29.8 Å². The second-order valence-electron chi connectivity index (χ2n) is 8.98. The fraction of sp³-hybridized carbons (Fsp3) is 0.435. The number of aryl methyl sites for hydroxylation is 2. The van der Waals surface area contributed by atoms with Crippen LogP contribution in [0.3, 0.4) is 0 Å². The van der Waals surface area contributed by atoms with Gasteiger partial charge in [-0.1, -0.05) is 19.9 Å². The number of hydrogen-bond donors (Lipinski definition) is 1. The van der Waals surface area contributed by atoms with Crippen LogP contribution in [0, 0.1) is 23.7 Å². The molecule has 7 heteroatoms. The van der Waals surface area contributed by atoms with Crippen molar-refractivity contribution in [2.75, 3.05) is 12.1 Å². The van der Waals surface area contributed by atoms with Crippen molar-refractivity contribution in [3.63, 3.8) is 0 Å². The molecule has 0 fully saturated rings. The third-order valence-electron chi connectivity index (χ3n) is 6.11. The maximum atomic E-state index is 13.3. The average molecular weight is 404 g/mol. The monoisotopic (exact) mass is 404 g/mol. The highest BCUT2D eigenvalue weighted by molar-refractivity contribution is 6.01. The molecular formula is C23H24N4O3. The lowest BCUT2D eigenvalue weighted by molar-refractivity contribution is -0.118. The van der Waals surface area contributed by atoms with Crippen molar-refractivity contribution in [3.05, 3.63) is 46.3 Å². The van der Waals surface area contributed by atoms with Gasteiger partial charge in [0.15, 0.2) is 17.3 Å². The van der Waals surface area contributed by atoms with Crippen molar-refractivity contribution in [2.24, 2.45) is 5.41 Å². The number of carbonyl (C=O) groups is 1. The van der Waals surface area contributed by atoms with Crippen molar-refractivity contribution in [2.45, 2.75) is 52.5 Å². The Bertz CT molecular complexity index is 1140. The Morgan fingerprint density at radius 1 is 1.30 bits per heavy atom. The molecule has 7 nitrogen and oxygen atoms in total. The lowest BCUT2D eigenvalue weighted by atomic mass is 9.69. The molecule has 3 heterocycles. The van der Waals surface area contributed by atoms with Gasteiger partial charge in [0.25, 0.3) is 0 Å². The summed E-state index contributed by atoms with van der Waals surface area (Å²) < 4.78 is 12.9. The minimum atomic E-state index is -0.217. The number of anilines is 1. The quantitative estimate of drug-likeness (QED) is 0.831. The minimum absolute atomic E-state index is 0.105. The van der Waals surface area contributed by atoms with Crippen LogP contribution in [0.2, 0.25) is 0 Å². The second kappa shape index (κ2) is 6.63. The first-order chi connectivity index (χ1) is 14.4. The van der Waals surface area contributed by atoms with Crippen LogP contribution in [-0.4, -0.2) is 22.4 Å². The fourth-order valence-corrected chi connectivity index (χ4v) is 4.88. The topological polar surface area (TPSA) is 89.2 Å². The summed E-state index contributed by atoms with van der Waals surface area (Å²) in [5, 5.41) is 17.3. The number of aromatic nitrogens is 2. The van der Waals surface area contributed by atoms with E-state index < -0.39 is 0 Å². The number of hydrogen-bond acceptors (Lipinski definition) is 6. The van der Waals surface area contributed by atoms with Crippen LogP contribution in [0.4, 0.5) is 5.82 Å². The largest absolute Gasteiger partial charge is 0.454 e. The maximum Gasteiger partial charge on any atom is 0.231 e. The van der Waals surface area contributed by atoms with E-state index in [1.165, 1.54) is 0 Å². The van der Waals surface area contributed by atoms with Crippen LogP contribution >= 0.6 is 0 Å². The molecule has 0 saturated carbocycles. The molecule has 0 saturated heterocycles. The molecule has 2 aromatic rings. The van der Waals surface area contributed by atoms with Gasteiger partial charge in [-0.15, -0.1) is 0 Å². The zero-order valence-electron chi connectivity index (χ0n) is 17.4. The molecule has 2 aliphatic heterocycles.